The summed E-state index contributed by atoms with van der Waals surface area (Å²) in [6.45, 7) is -2.97. The largest absolute Gasteiger partial charge is 0.493 e. The highest BCUT2D eigenvalue weighted by Gasteiger charge is 2.65. The van der Waals surface area contributed by atoms with Crippen molar-refractivity contribution in [3.8, 4) is 11.5 Å². The molecule has 22 heavy (non-hydrogen) atoms. The Morgan fingerprint density at radius 2 is 2.55 bits per heavy atom. The van der Waals surface area contributed by atoms with Crippen molar-refractivity contribution in [2.24, 2.45) is 5.89 Å². The van der Waals surface area contributed by atoms with Crippen molar-refractivity contribution < 1.29 is 28.0 Å². The molecule has 5 rings (SSSR count). The number of methoxy groups -OCH3 is 1. The van der Waals surface area contributed by atoms with E-state index in [1.165, 1.54) is 7.11 Å². The highest BCUT2D eigenvalue weighted by molar-refractivity contribution is 5.89. The van der Waals surface area contributed by atoms with E-state index >= 15 is 0 Å². The van der Waals surface area contributed by atoms with Crippen molar-refractivity contribution in [3.05, 3.63) is 23.2 Å². The molecule has 4 nitrogen and oxygen atoms in total. The van der Waals surface area contributed by atoms with Crippen LogP contribution in [-0.2, 0) is 16.6 Å². The molecule has 1 unspecified atom stereocenters. The van der Waals surface area contributed by atoms with Gasteiger partial charge in [-0.15, -0.1) is 0 Å². The van der Waals surface area contributed by atoms with Gasteiger partial charge >= 0.3 is 0 Å². The van der Waals surface area contributed by atoms with Gasteiger partial charge in [0.25, 0.3) is 0 Å². The van der Waals surface area contributed by atoms with Gasteiger partial charge in [0, 0.05) is 34.4 Å². The topological polar surface area (TPSA) is 38.8 Å². The highest BCUT2D eigenvalue weighted by Crippen LogP contribution is 2.62. The summed E-state index contributed by atoms with van der Waals surface area (Å²) < 4.78 is 96.0. The lowest BCUT2D eigenvalue weighted by molar-refractivity contribution is -0.138. The Morgan fingerprint density at radius 3 is 3.36 bits per heavy atom. The molecule has 2 aliphatic heterocycles. The molecule has 1 aromatic rings. The molecule has 4 aliphatic rings. The Hall–Kier alpha value is -1.55. The number of hydrogen-bond donors (Lipinski definition) is 0. The average Bonchev–Trinajstić information content (AvgIpc) is 2.96. The summed E-state index contributed by atoms with van der Waals surface area (Å²) in [6.07, 6.45) is -7.47. The van der Waals surface area contributed by atoms with Gasteiger partial charge < -0.3 is 14.4 Å². The summed E-state index contributed by atoms with van der Waals surface area (Å²) in [5, 5.41) is 0. The lowest BCUT2D eigenvalue weighted by Crippen LogP contribution is -2.65. The molecule has 1 saturated carbocycles. The fourth-order valence-corrected chi connectivity index (χ4v) is 4.32. The van der Waals surface area contributed by atoms with Crippen molar-refractivity contribution >= 4 is 5.78 Å². The van der Waals surface area contributed by atoms with E-state index < -0.39 is 67.5 Å². The van der Waals surface area contributed by atoms with Crippen LogP contribution in [0.1, 0.15) is 44.0 Å². The molecule has 1 spiro atoms. The van der Waals surface area contributed by atoms with Gasteiger partial charge in [-0.2, -0.15) is 0 Å². The first-order chi connectivity index (χ1) is 14.6. The molecule has 4 heteroatoms. The highest BCUT2D eigenvalue weighted by atomic mass is 16.5. The first-order valence-corrected chi connectivity index (χ1v) is 7.27. The summed E-state index contributed by atoms with van der Waals surface area (Å²) in [5.74, 6) is -3.31. The second-order valence-electron chi connectivity index (χ2n) is 6.06. The third kappa shape index (κ3) is 1.27. The first-order valence-electron chi connectivity index (χ1n) is 12.3. The lowest BCUT2D eigenvalue weighted by Gasteiger charge is -2.57. The Labute approximate surface area is 144 Å². The Kier molecular flexibility index (Phi) is 1.20. The van der Waals surface area contributed by atoms with E-state index in [-0.39, 0.29) is 35.6 Å². The standard InChI is InChI=1S/C18H21NO3/c1-19-8-7-18-11-4-5-13(20)17(18)22-16-14(21-2)6-3-10(15(16)18)9-12(11)19/h3,6,11-12,17H,4-5,7-9H2,1-2H3/t11-,12+,17?,18-/m0/s1/i1D3,3D,5D2,6D,9D2,11D. The van der Waals surface area contributed by atoms with Gasteiger partial charge in [-0.1, -0.05) is 6.04 Å². The normalized spacial score (nSPS) is 53.6. The van der Waals surface area contributed by atoms with Gasteiger partial charge in [-0.05, 0) is 50.2 Å². The van der Waals surface area contributed by atoms with E-state index in [0.717, 1.165) is 4.90 Å². The SMILES string of the molecule is [2H]c1c([2H])c2c3c(c1OC)OC1C(=O)C([2H])([2H])C[C@@]4([2H])[C@H](N(C([2H])([2H])[2H])CC[C@]314)C2([2H])[2H]. The van der Waals surface area contributed by atoms with E-state index in [4.69, 9.17) is 21.8 Å². The third-order valence-corrected chi connectivity index (χ3v) is 5.25. The number of carbonyl (C=O) groups excluding carboxylic acids is 1. The number of benzene rings is 1. The van der Waals surface area contributed by atoms with Crippen LogP contribution >= 0.6 is 0 Å². The molecule has 2 bridgehead atoms. The summed E-state index contributed by atoms with van der Waals surface area (Å²) in [5.41, 5.74) is -1.77. The summed E-state index contributed by atoms with van der Waals surface area (Å²) in [7, 11) is 1.24. The predicted octanol–water partition coefficient (Wildman–Crippen LogP) is 1.93. The molecule has 0 N–H and O–H groups in total. The van der Waals surface area contributed by atoms with E-state index in [1.807, 2.05) is 0 Å². The van der Waals surface area contributed by atoms with Crippen molar-refractivity contribution in [1.82, 2.24) is 4.90 Å². The van der Waals surface area contributed by atoms with Gasteiger partial charge in [-0.3, -0.25) is 4.79 Å². The zero-order chi connectivity index (χ0) is 23.8. The number of rotatable bonds is 1. The number of likely N-dealkylation sites (N-methyl/N-ethyl adjacent to an activating group) is 1. The molecule has 116 valence electrons. The minimum absolute atomic E-state index is 0.0747. The van der Waals surface area contributed by atoms with E-state index in [2.05, 4.69) is 0 Å². The van der Waals surface area contributed by atoms with Crippen molar-refractivity contribution in [2.45, 2.75) is 43.1 Å². The number of hydrogen-bond acceptors (Lipinski definition) is 4. The number of piperidine rings is 1. The quantitative estimate of drug-likeness (QED) is 0.795. The monoisotopic (exact) mass is 309 g/mol. The van der Waals surface area contributed by atoms with Gasteiger partial charge in [0.2, 0.25) is 0 Å². The molecular weight excluding hydrogens is 278 g/mol. The summed E-state index contributed by atoms with van der Waals surface area (Å²) in [4.78, 5) is 14.1. The van der Waals surface area contributed by atoms with Crippen LogP contribution < -0.4 is 9.47 Å². The molecule has 2 fully saturated rings. The van der Waals surface area contributed by atoms with Crippen LogP contribution in [0, 0.1) is 5.89 Å². The minimum Gasteiger partial charge on any atom is -0.493 e. The van der Waals surface area contributed by atoms with Crippen LogP contribution in [0.5, 0.6) is 11.5 Å². The van der Waals surface area contributed by atoms with E-state index in [1.54, 1.807) is 0 Å². The first kappa shape index (κ1) is 6.52. The van der Waals surface area contributed by atoms with Crippen LogP contribution in [0.4, 0.5) is 0 Å². The van der Waals surface area contributed by atoms with Gasteiger partial charge in [-0.25, -0.2) is 0 Å². The van der Waals surface area contributed by atoms with Crippen LogP contribution in [0.2, 0.25) is 0 Å². The number of ether oxygens (including phenoxy) is 2. The van der Waals surface area contributed by atoms with Crippen LogP contribution in [0.15, 0.2) is 12.1 Å². The maximum absolute atomic E-state index is 13.2. The van der Waals surface area contributed by atoms with E-state index in [0.29, 0.717) is 0 Å². The maximum Gasteiger partial charge on any atom is 0.174 e. The number of Topliss-reactive ketones (excluding diaryl/α,β-unsaturated/α-hetero) is 1. The molecule has 0 amide bonds. The van der Waals surface area contributed by atoms with Crippen LogP contribution in [-0.4, -0.2) is 43.5 Å². The lowest BCUT2D eigenvalue weighted by atomic mass is 9.52. The van der Waals surface area contributed by atoms with Gasteiger partial charge in [0.15, 0.2) is 23.4 Å². The minimum atomic E-state index is -2.80. The van der Waals surface area contributed by atoms with Crippen molar-refractivity contribution in [3.63, 3.8) is 0 Å². The number of nitrogens with zero attached hydrogens (tertiary/aromatic N) is 1. The second kappa shape index (κ2) is 4.05. The zero-order valence-electron chi connectivity index (χ0n) is 21.9. The fourth-order valence-electron chi connectivity index (χ4n) is 4.32. The number of carbonyl (C=O) groups is 1. The number of likely N-dealkylation sites (tertiary alicyclic amines) is 1. The Morgan fingerprint density at radius 1 is 1.64 bits per heavy atom. The molecule has 0 aromatic heterocycles. The van der Waals surface area contributed by atoms with Gasteiger partial charge in [0.05, 0.1) is 9.85 Å². The van der Waals surface area contributed by atoms with Crippen LogP contribution in [0.3, 0.4) is 0 Å². The Balaban J connectivity index is 1.96. The zero-order valence-corrected chi connectivity index (χ0v) is 11.9. The Bertz CT molecular complexity index is 1070. The van der Waals surface area contributed by atoms with Crippen molar-refractivity contribution in [1.29, 1.82) is 0 Å². The number of ketones is 1. The summed E-state index contributed by atoms with van der Waals surface area (Å²) >= 11 is 0. The summed E-state index contributed by atoms with van der Waals surface area (Å²) in [6, 6.07) is -2.69. The average molecular weight is 309 g/mol. The fraction of sp³-hybridized carbons (Fsp3) is 0.611. The molecule has 1 aromatic carbocycles. The second-order valence-corrected chi connectivity index (χ2v) is 6.06. The molecule has 1 saturated heterocycles. The molecule has 2 heterocycles. The van der Waals surface area contributed by atoms with Crippen LogP contribution in [0.25, 0.3) is 0 Å². The predicted molar refractivity (Wildman–Crippen MR) is 81.6 cm³/mol. The molecule has 4 atom stereocenters. The van der Waals surface area contributed by atoms with E-state index in [9.17, 15) is 6.17 Å². The van der Waals surface area contributed by atoms with Crippen molar-refractivity contribution in [2.75, 3.05) is 20.6 Å². The van der Waals surface area contributed by atoms with Gasteiger partial charge in [0.1, 0.15) is 0 Å². The molecule has 2 aliphatic carbocycles. The molecular formula is C18H21NO3. The maximum atomic E-state index is 13.2. The third-order valence-electron chi connectivity index (χ3n) is 5.25. The smallest absolute Gasteiger partial charge is 0.174 e. The molecule has 0 radical (unpaired) electrons.